The highest BCUT2D eigenvalue weighted by molar-refractivity contribution is 5.70. The van der Waals surface area contributed by atoms with Crippen LogP contribution in [0.3, 0.4) is 0 Å². The second kappa shape index (κ2) is 17.4. The van der Waals surface area contributed by atoms with E-state index in [0.29, 0.717) is 24.0 Å². The Balaban J connectivity index is 0.000000528. The number of carbonyl (C=O) groups excluding carboxylic acids is 1. The topological polar surface area (TPSA) is 67.8 Å². The Morgan fingerprint density at radius 1 is 1.00 bits per heavy atom. The fourth-order valence-corrected chi connectivity index (χ4v) is 2.72. The Morgan fingerprint density at radius 3 is 2.14 bits per heavy atom. The first-order valence-corrected chi connectivity index (χ1v) is 10.7. The lowest BCUT2D eigenvalue weighted by atomic mass is 9.96. The van der Waals surface area contributed by atoms with Gasteiger partial charge in [0.1, 0.15) is 0 Å². The number of unbranched alkanes of at least 4 members (excludes halogenated alkanes) is 4. The van der Waals surface area contributed by atoms with Gasteiger partial charge in [-0.3, -0.25) is 0 Å². The molecule has 0 saturated heterocycles. The van der Waals surface area contributed by atoms with Gasteiger partial charge in [0.15, 0.2) is 11.5 Å². The van der Waals surface area contributed by atoms with Crippen molar-refractivity contribution >= 4 is 6.09 Å². The van der Waals surface area contributed by atoms with E-state index in [2.05, 4.69) is 19.2 Å². The number of para-hydroxylation sites is 2. The van der Waals surface area contributed by atoms with E-state index in [0.717, 1.165) is 0 Å². The molecule has 1 unspecified atom stereocenters. The standard InChI is InChI=1S/C12H26O.C11H15NO3/c1-3-5-7-8-10-12(11-13)9-6-4-2;1-8(2)14-9-6-4-5-7-10(9)15-11(13)12-3/h12-13H,3-11H2,1-2H3;4-8H,1-3H3,(H,12,13). The van der Waals surface area contributed by atoms with Crippen molar-refractivity contribution in [3.05, 3.63) is 24.3 Å². The minimum Gasteiger partial charge on any atom is -0.487 e. The molecule has 5 heteroatoms. The Labute approximate surface area is 171 Å². The fourth-order valence-electron chi connectivity index (χ4n) is 2.72. The zero-order valence-corrected chi connectivity index (χ0v) is 18.5. The molecule has 0 fully saturated rings. The second-order valence-electron chi connectivity index (χ2n) is 7.29. The Morgan fingerprint density at radius 2 is 1.61 bits per heavy atom. The van der Waals surface area contributed by atoms with Crippen LogP contribution in [0.4, 0.5) is 4.79 Å². The number of ether oxygens (including phenoxy) is 2. The minimum absolute atomic E-state index is 0.0411. The Bertz CT molecular complexity index is 505. The molecule has 0 saturated carbocycles. The van der Waals surface area contributed by atoms with Gasteiger partial charge in [-0.15, -0.1) is 0 Å². The third-order valence-electron chi connectivity index (χ3n) is 4.31. The molecule has 0 aliphatic rings. The van der Waals surface area contributed by atoms with Crippen LogP contribution in [-0.2, 0) is 0 Å². The number of amides is 1. The molecule has 28 heavy (non-hydrogen) atoms. The van der Waals surface area contributed by atoms with Crippen LogP contribution < -0.4 is 14.8 Å². The first kappa shape index (κ1) is 26.2. The average Bonchev–Trinajstić information content (AvgIpc) is 2.69. The van der Waals surface area contributed by atoms with E-state index in [1.807, 2.05) is 19.9 Å². The number of nitrogens with one attached hydrogen (secondary N) is 1. The Kier molecular flexibility index (Phi) is 16.3. The van der Waals surface area contributed by atoms with Gasteiger partial charge in [-0.2, -0.15) is 0 Å². The maximum Gasteiger partial charge on any atom is 0.412 e. The summed E-state index contributed by atoms with van der Waals surface area (Å²) in [5, 5.41) is 11.5. The van der Waals surface area contributed by atoms with Crippen molar-refractivity contribution in [2.45, 2.75) is 85.2 Å². The SMILES string of the molecule is CCCCCCC(CO)CCCC.CNC(=O)Oc1ccccc1OC(C)C. The highest BCUT2D eigenvalue weighted by atomic mass is 16.6. The van der Waals surface area contributed by atoms with Crippen molar-refractivity contribution < 1.29 is 19.4 Å². The van der Waals surface area contributed by atoms with E-state index in [4.69, 9.17) is 14.6 Å². The maximum absolute atomic E-state index is 11.0. The number of hydrogen-bond donors (Lipinski definition) is 2. The van der Waals surface area contributed by atoms with Gasteiger partial charge in [0.05, 0.1) is 6.10 Å². The third-order valence-corrected chi connectivity index (χ3v) is 4.31. The lowest BCUT2D eigenvalue weighted by molar-refractivity contribution is 0.194. The third kappa shape index (κ3) is 13.4. The number of rotatable bonds is 12. The molecule has 1 aromatic carbocycles. The molecule has 0 aliphatic carbocycles. The molecule has 1 aromatic rings. The van der Waals surface area contributed by atoms with Crippen LogP contribution in [0, 0.1) is 5.92 Å². The first-order chi connectivity index (χ1) is 13.5. The monoisotopic (exact) mass is 395 g/mol. The minimum atomic E-state index is -0.505. The van der Waals surface area contributed by atoms with Crippen molar-refractivity contribution in [3.63, 3.8) is 0 Å². The molecular weight excluding hydrogens is 354 g/mol. The summed E-state index contributed by atoms with van der Waals surface area (Å²) >= 11 is 0. The predicted octanol–water partition coefficient (Wildman–Crippen LogP) is 5.95. The summed E-state index contributed by atoms with van der Waals surface area (Å²) in [4.78, 5) is 11.0. The average molecular weight is 396 g/mol. The van der Waals surface area contributed by atoms with E-state index in [1.165, 1.54) is 58.4 Å². The number of aliphatic hydroxyl groups excluding tert-OH is 1. The summed E-state index contributed by atoms with van der Waals surface area (Å²) in [6, 6.07) is 7.06. The number of carbonyl (C=O) groups is 1. The van der Waals surface area contributed by atoms with Gasteiger partial charge in [0, 0.05) is 13.7 Å². The zero-order chi connectivity index (χ0) is 21.2. The number of aliphatic hydroxyl groups is 1. The van der Waals surface area contributed by atoms with Crippen molar-refractivity contribution in [2.75, 3.05) is 13.7 Å². The molecule has 0 heterocycles. The molecule has 5 nitrogen and oxygen atoms in total. The lowest BCUT2D eigenvalue weighted by Gasteiger charge is -2.13. The fraction of sp³-hybridized carbons (Fsp3) is 0.696. The van der Waals surface area contributed by atoms with Gasteiger partial charge in [0.25, 0.3) is 0 Å². The lowest BCUT2D eigenvalue weighted by Crippen LogP contribution is -2.22. The van der Waals surface area contributed by atoms with Gasteiger partial charge in [0.2, 0.25) is 0 Å². The normalized spacial score (nSPS) is 11.4. The zero-order valence-electron chi connectivity index (χ0n) is 18.5. The van der Waals surface area contributed by atoms with Gasteiger partial charge in [-0.25, -0.2) is 4.79 Å². The quantitative estimate of drug-likeness (QED) is 0.429. The van der Waals surface area contributed by atoms with Gasteiger partial charge in [-0.1, -0.05) is 64.5 Å². The van der Waals surface area contributed by atoms with Gasteiger partial charge < -0.3 is 19.9 Å². The van der Waals surface area contributed by atoms with Crippen molar-refractivity contribution in [1.82, 2.24) is 5.32 Å². The molecule has 1 atom stereocenters. The first-order valence-electron chi connectivity index (χ1n) is 10.7. The summed E-state index contributed by atoms with van der Waals surface area (Å²) in [5.74, 6) is 1.57. The van der Waals surface area contributed by atoms with Gasteiger partial charge in [-0.05, 0) is 44.7 Å². The highest BCUT2D eigenvalue weighted by Crippen LogP contribution is 2.27. The molecule has 162 valence electrons. The summed E-state index contributed by atoms with van der Waals surface area (Å²) in [5.41, 5.74) is 0. The molecule has 1 rings (SSSR count). The van der Waals surface area contributed by atoms with Crippen LogP contribution in [0.1, 0.15) is 79.1 Å². The molecule has 2 N–H and O–H groups in total. The predicted molar refractivity (Wildman–Crippen MR) is 116 cm³/mol. The smallest absolute Gasteiger partial charge is 0.412 e. The van der Waals surface area contributed by atoms with Crippen molar-refractivity contribution in [3.8, 4) is 11.5 Å². The van der Waals surface area contributed by atoms with Crippen LogP contribution >= 0.6 is 0 Å². The van der Waals surface area contributed by atoms with Crippen LogP contribution in [-0.4, -0.2) is 31.0 Å². The summed E-state index contributed by atoms with van der Waals surface area (Å²) in [6.07, 6.45) is 9.83. The number of benzene rings is 1. The Hall–Kier alpha value is -1.75. The molecule has 0 radical (unpaired) electrons. The van der Waals surface area contributed by atoms with E-state index < -0.39 is 6.09 Å². The highest BCUT2D eigenvalue weighted by Gasteiger charge is 2.09. The van der Waals surface area contributed by atoms with Gasteiger partial charge >= 0.3 is 6.09 Å². The molecule has 0 aromatic heterocycles. The van der Waals surface area contributed by atoms with Crippen LogP contribution in [0.25, 0.3) is 0 Å². The molecule has 1 amide bonds. The summed E-state index contributed by atoms with van der Waals surface area (Å²) < 4.78 is 10.5. The van der Waals surface area contributed by atoms with Crippen LogP contribution in [0.15, 0.2) is 24.3 Å². The molecule has 0 spiro atoms. The van der Waals surface area contributed by atoms with Crippen LogP contribution in [0.2, 0.25) is 0 Å². The largest absolute Gasteiger partial charge is 0.487 e. The van der Waals surface area contributed by atoms with E-state index in [1.54, 1.807) is 18.2 Å². The molecule has 0 aliphatic heterocycles. The van der Waals surface area contributed by atoms with E-state index in [9.17, 15) is 4.79 Å². The summed E-state index contributed by atoms with van der Waals surface area (Å²) in [6.45, 7) is 8.67. The maximum atomic E-state index is 11.0. The molecule has 0 bridgehead atoms. The van der Waals surface area contributed by atoms with Crippen molar-refractivity contribution in [2.24, 2.45) is 5.92 Å². The number of hydrogen-bond acceptors (Lipinski definition) is 4. The molecular formula is C23H41NO4. The van der Waals surface area contributed by atoms with Crippen LogP contribution in [0.5, 0.6) is 11.5 Å². The summed E-state index contributed by atoms with van der Waals surface area (Å²) in [7, 11) is 1.51. The van der Waals surface area contributed by atoms with E-state index >= 15 is 0 Å². The van der Waals surface area contributed by atoms with Crippen molar-refractivity contribution in [1.29, 1.82) is 0 Å². The van der Waals surface area contributed by atoms with E-state index in [-0.39, 0.29) is 6.10 Å². The second-order valence-corrected chi connectivity index (χ2v) is 7.29.